The van der Waals surface area contributed by atoms with Crippen LogP contribution in [0.25, 0.3) is 0 Å². The highest BCUT2D eigenvalue weighted by atomic mass is 16.3. The van der Waals surface area contributed by atoms with E-state index in [-0.39, 0.29) is 0 Å². The summed E-state index contributed by atoms with van der Waals surface area (Å²) in [5.74, 6) is 0. The van der Waals surface area contributed by atoms with Gasteiger partial charge in [-0.1, -0.05) is 49.4 Å². The van der Waals surface area contributed by atoms with Crippen molar-refractivity contribution in [2.24, 2.45) is 0 Å². The van der Waals surface area contributed by atoms with Gasteiger partial charge in [-0.25, -0.2) is 0 Å². The summed E-state index contributed by atoms with van der Waals surface area (Å²) in [6.07, 6.45) is 0.556. The van der Waals surface area contributed by atoms with Gasteiger partial charge in [0.05, 0.1) is 6.10 Å². The Labute approximate surface area is 127 Å². The lowest BCUT2D eigenvalue weighted by Crippen LogP contribution is -2.29. The van der Waals surface area contributed by atoms with E-state index in [9.17, 15) is 5.11 Å². The Morgan fingerprint density at radius 2 is 1.86 bits per heavy atom. The van der Waals surface area contributed by atoms with E-state index in [4.69, 9.17) is 5.73 Å². The molecule has 1 atom stereocenters. The van der Waals surface area contributed by atoms with Gasteiger partial charge in [0.2, 0.25) is 0 Å². The zero-order valence-electron chi connectivity index (χ0n) is 12.6. The zero-order valence-corrected chi connectivity index (χ0v) is 12.6. The van der Waals surface area contributed by atoms with Crippen molar-refractivity contribution in [3.63, 3.8) is 0 Å². The number of rotatable bonds is 7. The molecule has 2 aromatic rings. The Balaban J connectivity index is 2.02. The van der Waals surface area contributed by atoms with Gasteiger partial charge in [0.1, 0.15) is 0 Å². The highest BCUT2D eigenvalue weighted by molar-refractivity contribution is 5.41. The van der Waals surface area contributed by atoms with Crippen molar-refractivity contribution in [2.45, 2.75) is 26.0 Å². The second-order valence-corrected chi connectivity index (χ2v) is 5.41. The van der Waals surface area contributed by atoms with Crippen molar-refractivity contribution in [3.8, 4) is 0 Å². The highest BCUT2D eigenvalue weighted by Gasteiger charge is 2.13. The number of nitrogens with two attached hydrogens (primary N) is 1. The number of anilines is 1. The van der Waals surface area contributed by atoms with E-state index in [0.29, 0.717) is 12.2 Å². The molecule has 0 radical (unpaired) electrons. The molecule has 0 amide bonds. The third-order valence-corrected chi connectivity index (χ3v) is 3.52. The van der Waals surface area contributed by atoms with Gasteiger partial charge in [-0.05, 0) is 36.2 Å². The summed E-state index contributed by atoms with van der Waals surface area (Å²) in [5.41, 5.74) is 8.62. The second-order valence-electron chi connectivity index (χ2n) is 5.41. The summed E-state index contributed by atoms with van der Waals surface area (Å²) in [6, 6.07) is 17.9. The van der Waals surface area contributed by atoms with E-state index in [2.05, 4.69) is 24.0 Å². The van der Waals surface area contributed by atoms with Gasteiger partial charge in [-0.15, -0.1) is 0 Å². The molecular weight excluding hydrogens is 260 g/mol. The number of nitrogen functional groups attached to an aromatic ring is 1. The molecule has 3 N–H and O–H groups in total. The van der Waals surface area contributed by atoms with Crippen LogP contribution in [0, 0.1) is 0 Å². The Morgan fingerprint density at radius 1 is 1.10 bits per heavy atom. The summed E-state index contributed by atoms with van der Waals surface area (Å²) in [5, 5.41) is 10.4. The van der Waals surface area contributed by atoms with Crippen molar-refractivity contribution >= 4 is 5.69 Å². The Hall–Kier alpha value is -1.84. The monoisotopic (exact) mass is 284 g/mol. The number of benzene rings is 2. The minimum Gasteiger partial charge on any atom is -0.399 e. The molecular formula is C18H24N2O. The highest BCUT2D eigenvalue weighted by Crippen LogP contribution is 2.18. The number of nitrogens with zero attached hydrogens (tertiary/aromatic N) is 1. The van der Waals surface area contributed by atoms with Gasteiger partial charge in [0.25, 0.3) is 0 Å². The minimum absolute atomic E-state index is 0.510. The van der Waals surface area contributed by atoms with Gasteiger partial charge in [-0.3, -0.25) is 4.90 Å². The molecule has 0 aliphatic carbocycles. The van der Waals surface area contributed by atoms with Crippen LogP contribution in [-0.4, -0.2) is 23.1 Å². The Morgan fingerprint density at radius 3 is 2.52 bits per heavy atom. The molecule has 0 aliphatic heterocycles. The van der Waals surface area contributed by atoms with Gasteiger partial charge in [0, 0.05) is 18.8 Å². The molecule has 0 fully saturated rings. The second kappa shape index (κ2) is 7.81. The van der Waals surface area contributed by atoms with Crippen LogP contribution in [0.5, 0.6) is 0 Å². The molecule has 2 rings (SSSR count). The van der Waals surface area contributed by atoms with Crippen LogP contribution in [0.4, 0.5) is 5.69 Å². The van der Waals surface area contributed by atoms with Gasteiger partial charge < -0.3 is 10.8 Å². The maximum Gasteiger partial charge on any atom is 0.0917 e. The van der Waals surface area contributed by atoms with Crippen LogP contribution >= 0.6 is 0 Å². The SMILES string of the molecule is CCCN(Cc1ccccc1)CC(O)c1cccc(N)c1. The van der Waals surface area contributed by atoms with Crippen LogP contribution in [0.15, 0.2) is 54.6 Å². The molecule has 0 bridgehead atoms. The summed E-state index contributed by atoms with van der Waals surface area (Å²) >= 11 is 0. The zero-order chi connectivity index (χ0) is 15.1. The number of aliphatic hydroxyl groups is 1. The lowest BCUT2D eigenvalue weighted by atomic mass is 10.1. The first-order chi connectivity index (χ1) is 10.2. The third-order valence-electron chi connectivity index (χ3n) is 3.52. The average Bonchev–Trinajstić information content (AvgIpc) is 2.48. The van der Waals surface area contributed by atoms with E-state index in [1.165, 1.54) is 5.56 Å². The average molecular weight is 284 g/mol. The number of hydrogen-bond acceptors (Lipinski definition) is 3. The van der Waals surface area contributed by atoms with Crippen molar-refractivity contribution in [1.29, 1.82) is 0 Å². The lowest BCUT2D eigenvalue weighted by molar-refractivity contribution is 0.109. The summed E-state index contributed by atoms with van der Waals surface area (Å²) in [6.45, 7) is 4.60. The first-order valence-electron chi connectivity index (χ1n) is 7.49. The fourth-order valence-electron chi connectivity index (χ4n) is 2.51. The van der Waals surface area contributed by atoms with Crippen molar-refractivity contribution in [3.05, 3.63) is 65.7 Å². The first kappa shape index (κ1) is 15.5. The van der Waals surface area contributed by atoms with Crippen LogP contribution in [0.3, 0.4) is 0 Å². The molecule has 0 saturated carbocycles. The molecule has 0 aliphatic rings. The van der Waals surface area contributed by atoms with Crippen molar-refractivity contribution in [2.75, 3.05) is 18.8 Å². The van der Waals surface area contributed by atoms with Crippen molar-refractivity contribution in [1.82, 2.24) is 4.90 Å². The first-order valence-corrected chi connectivity index (χ1v) is 7.49. The fraction of sp³-hybridized carbons (Fsp3) is 0.333. The predicted molar refractivity (Wildman–Crippen MR) is 87.8 cm³/mol. The topological polar surface area (TPSA) is 49.5 Å². The summed E-state index contributed by atoms with van der Waals surface area (Å²) in [7, 11) is 0. The van der Waals surface area contributed by atoms with E-state index >= 15 is 0 Å². The lowest BCUT2D eigenvalue weighted by Gasteiger charge is -2.25. The van der Waals surface area contributed by atoms with Crippen LogP contribution in [0.2, 0.25) is 0 Å². The number of hydrogen-bond donors (Lipinski definition) is 2. The van der Waals surface area contributed by atoms with E-state index in [0.717, 1.165) is 25.1 Å². The molecule has 0 spiro atoms. The molecule has 1 unspecified atom stereocenters. The maximum absolute atomic E-state index is 10.4. The predicted octanol–water partition coefficient (Wildman–Crippen LogP) is 3.21. The third kappa shape index (κ3) is 4.88. The molecule has 3 nitrogen and oxygen atoms in total. The molecule has 2 aromatic carbocycles. The van der Waals surface area contributed by atoms with E-state index in [1.807, 2.05) is 42.5 Å². The molecule has 3 heteroatoms. The molecule has 21 heavy (non-hydrogen) atoms. The van der Waals surface area contributed by atoms with Crippen LogP contribution < -0.4 is 5.73 Å². The van der Waals surface area contributed by atoms with E-state index < -0.39 is 6.10 Å². The van der Waals surface area contributed by atoms with Gasteiger partial charge in [-0.2, -0.15) is 0 Å². The van der Waals surface area contributed by atoms with E-state index in [1.54, 1.807) is 0 Å². The smallest absolute Gasteiger partial charge is 0.0917 e. The van der Waals surface area contributed by atoms with Crippen LogP contribution in [-0.2, 0) is 6.54 Å². The summed E-state index contributed by atoms with van der Waals surface area (Å²) in [4.78, 5) is 2.28. The summed E-state index contributed by atoms with van der Waals surface area (Å²) < 4.78 is 0. The van der Waals surface area contributed by atoms with Crippen LogP contribution in [0.1, 0.15) is 30.6 Å². The maximum atomic E-state index is 10.4. The standard InChI is InChI=1S/C18H24N2O/c1-2-11-20(13-15-7-4-3-5-8-15)14-18(21)16-9-6-10-17(19)12-16/h3-10,12,18,21H,2,11,13-14,19H2,1H3. The molecule has 0 saturated heterocycles. The quantitative estimate of drug-likeness (QED) is 0.768. The number of aliphatic hydroxyl groups excluding tert-OH is 1. The Bertz CT molecular complexity index is 542. The normalized spacial score (nSPS) is 12.5. The molecule has 0 heterocycles. The van der Waals surface area contributed by atoms with Crippen molar-refractivity contribution < 1.29 is 5.11 Å². The van der Waals surface area contributed by atoms with Gasteiger partial charge >= 0.3 is 0 Å². The minimum atomic E-state index is -0.510. The van der Waals surface area contributed by atoms with Gasteiger partial charge in [0.15, 0.2) is 0 Å². The largest absolute Gasteiger partial charge is 0.399 e. The molecule has 112 valence electrons. The fourth-order valence-corrected chi connectivity index (χ4v) is 2.51. The Kier molecular flexibility index (Phi) is 5.78. The molecule has 0 aromatic heterocycles.